The second-order valence-corrected chi connectivity index (χ2v) is 6.76. The first-order valence-corrected chi connectivity index (χ1v) is 7.79. The first-order valence-electron chi connectivity index (χ1n) is 7.79. The summed E-state index contributed by atoms with van der Waals surface area (Å²) in [6.45, 7) is 6.23. The predicted octanol–water partition coefficient (Wildman–Crippen LogP) is 3.16. The third kappa shape index (κ3) is 3.22. The van der Waals surface area contributed by atoms with Crippen LogP contribution in [0, 0.1) is 0 Å². The number of carbonyl (C=O) groups is 1. The number of carbonyl (C=O) groups excluding carboxylic acids is 1. The van der Waals surface area contributed by atoms with E-state index in [-0.39, 0.29) is 11.3 Å². The van der Waals surface area contributed by atoms with Crippen molar-refractivity contribution in [3.8, 4) is 5.69 Å². The Morgan fingerprint density at radius 2 is 2.00 bits per heavy atom. The van der Waals surface area contributed by atoms with Crippen LogP contribution in [0.3, 0.4) is 0 Å². The van der Waals surface area contributed by atoms with Crippen LogP contribution in [0.1, 0.15) is 37.0 Å². The molecule has 0 saturated heterocycles. The zero-order chi connectivity index (χ0) is 17.3. The van der Waals surface area contributed by atoms with Crippen molar-refractivity contribution in [2.75, 3.05) is 5.32 Å². The Balaban J connectivity index is 1.83. The van der Waals surface area contributed by atoms with E-state index in [0.29, 0.717) is 5.69 Å². The summed E-state index contributed by atoms with van der Waals surface area (Å²) in [5, 5.41) is 7.38. The van der Waals surface area contributed by atoms with E-state index >= 15 is 0 Å². The van der Waals surface area contributed by atoms with Crippen LogP contribution in [-0.2, 0) is 12.5 Å². The monoisotopic (exact) mass is 323 g/mol. The van der Waals surface area contributed by atoms with Crippen molar-refractivity contribution >= 4 is 11.6 Å². The number of benzene rings is 1. The number of imidazole rings is 1. The fourth-order valence-corrected chi connectivity index (χ4v) is 2.40. The lowest BCUT2D eigenvalue weighted by Crippen LogP contribution is -2.16. The molecule has 6 nitrogen and oxygen atoms in total. The van der Waals surface area contributed by atoms with Crippen LogP contribution < -0.4 is 5.32 Å². The van der Waals surface area contributed by atoms with Crippen molar-refractivity contribution in [2.24, 2.45) is 7.05 Å². The summed E-state index contributed by atoms with van der Waals surface area (Å²) in [5.41, 5.74) is 2.99. The van der Waals surface area contributed by atoms with Gasteiger partial charge in [-0.15, -0.1) is 0 Å². The Labute approximate surface area is 141 Å². The smallest absolute Gasteiger partial charge is 0.273 e. The molecule has 124 valence electrons. The maximum Gasteiger partial charge on any atom is 0.273 e. The second kappa shape index (κ2) is 5.96. The van der Waals surface area contributed by atoms with Gasteiger partial charge < -0.3 is 9.88 Å². The first-order chi connectivity index (χ1) is 11.3. The molecule has 0 radical (unpaired) electrons. The molecule has 0 aliphatic heterocycles. The lowest BCUT2D eigenvalue weighted by atomic mass is 9.92. The number of hydrogen-bond donors (Lipinski definition) is 1. The SMILES string of the molecule is Cn1nc(C(C)(C)C)cc1C(=O)Nc1cccc(-n2ccnc2)c1. The summed E-state index contributed by atoms with van der Waals surface area (Å²) in [7, 11) is 1.78. The minimum atomic E-state index is -0.178. The van der Waals surface area contributed by atoms with Gasteiger partial charge in [0.1, 0.15) is 5.69 Å². The molecule has 2 aromatic heterocycles. The van der Waals surface area contributed by atoms with E-state index in [0.717, 1.165) is 17.1 Å². The normalized spacial score (nSPS) is 11.5. The average Bonchev–Trinajstić information content (AvgIpc) is 3.16. The van der Waals surface area contributed by atoms with Gasteiger partial charge in [-0.05, 0) is 24.3 Å². The Morgan fingerprint density at radius 1 is 1.21 bits per heavy atom. The van der Waals surface area contributed by atoms with Crippen molar-refractivity contribution in [1.29, 1.82) is 0 Å². The highest BCUT2D eigenvalue weighted by molar-refractivity contribution is 6.03. The first kappa shape index (κ1) is 16.0. The highest BCUT2D eigenvalue weighted by Crippen LogP contribution is 2.22. The summed E-state index contributed by atoms with van der Waals surface area (Å²) in [6, 6.07) is 9.46. The van der Waals surface area contributed by atoms with Crippen molar-refractivity contribution in [3.05, 3.63) is 60.4 Å². The minimum absolute atomic E-state index is 0.0996. The molecule has 0 atom stereocenters. The number of aryl methyl sites for hydroxylation is 1. The van der Waals surface area contributed by atoms with Crippen molar-refractivity contribution < 1.29 is 4.79 Å². The Kier molecular flexibility index (Phi) is 3.97. The van der Waals surface area contributed by atoms with Crippen molar-refractivity contribution in [3.63, 3.8) is 0 Å². The summed E-state index contributed by atoms with van der Waals surface area (Å²) in [4.78, 5) is 16.6. The number of rotatable bonds is 3. The van der Waals surface area contributed by atoms with Gasteiger partial charge in [0.25, 0.3) is 5.91 Å². The molecule has 1 N–H and O–H groups in total. The molecule has 0 fully saturated rings. The molecule has 0 saturated carbocycles. The lowest BCUT2D eigenvalue weighted by Gasteiger charge is -2.13. The molecule has 1 aromatic carbocycles. The molecule has 3 aromatic rings. The van der Waals surface area contributed by atoms with Crippen LogP contribution in [0.2, 0.25) is 0 Å². The minimum Gasteiger partial charge on any atom is -0.321 e. The van der Waals surface area contributed by atoms with E-state index < -0.39 is 0 Å². The van der Waals surface area contributed by atoms with Crippen LogP contribution in [0.4, 0.5) is 5.69 Å². The number of amides is 1. The average molecular weight is 323 g/mol. The third-order valence-electron chi connectivity index (χ3n) is 3.79. The quantitative estimate of drug-likeness (QED) is 0.805. The molecule has 1 amide bonds. The molecule has 0 bridgehead atoms. The van der Waals surface area contributed by atoms with Gasteiger partial charge in [0, 0.05) is 36.2 Å². The molecule has 6 heteroatoms. The Morgan fingerprint density at radius 3 is 2.62 bits per heavy atom. The summed E-state index contributed by atoms with van der Waals surface area (Å²) < 4.78 is 3.51. The lowest BCUT2D eigenvalue weighted by molar-refractivity contribution is 0.101. The van der Waals surface area contributed by atoms with Gasteiger partial charge in [-0.25, -0.2) is 4.98 Å². The largest absolute Gasteiger partial charge is 0.321 e. The van der Waals surface area contributed by atoms with E-state index in [4.69, 9.17) is 0 Å². The van der Waals surface area contributed by atoms with Crippen LogP contribution in [0.5, 0.6) is 0 Å². The van der Waals surface area contributed by atoms with Gasteiger partial charge in [0.2, 0.25) is 0 Å². The zero-order valence-electron chi connectivity index (χ0n) is 14.3. The Bertz CT molecular complexity index is 856. The molecule has 0 aliphatic rings. The van der Waals surface area contributed by atoms with Gasteiger partial charge in [-0.1, -0.05) is 26.8 Å². The highest BCUT2D eigenvalue weighted by atomic mass is 16.2. The molecule has 2 heterocycles. The fourth-order valence-electron chi connectivity index (χ4n) is 2.40. The van der Waals surface area contributed by atoms with Crippen LogP contribution in [0.15, 0.2) is 49.1 Å². The predicted molar refractivity (Wildman–Crippen MR) is 93.4 cm³/mol. The van der Waals surface area contributed by atoms with Gasteiger partial charge in [0.05, 0.1) is 12.0 Å². The van der Waals surface area contributed by atoms with Gasteiger partial charge in [-0.3, -0.25) is 9.48 Å². The standard InChI is InChI=1S/C18H21N5O/c1-18(2,3)16-11-15(22(4)21-16)17(24)20-13-6-5-7-14(10-13)23-9-8-19-12-23/h5-12H,1-4H3,(H,20,24). The van der Waals surface area contributed by atoms with Crippen LogP contribution >= 0.6 is 0 Å². The molecule has 0 spiro atoms. The number of hydrogen-bond acceptors (Lipinski definition) is 3. The molecular weight excluding hydrogens is 302 g/mol. The molecule has 0 aliphatic carbocycles. The number of aromatic nitrogens is 4. The summed E-state index contributed by atoms with van der Waals surface area (Å²) >= 11 is 0. The van der Waals surface area contributed by atoms with Crippen molar-refractivity contribution in [2.45, 2.75) is 26.2 Å². The maximum atomic E-state index is 12.6. The van der Waals surface area contributed by atoms with Gasteiger partial charge in [-0.2, -0.15) is 5.10 Å². The van der Waals surface area contributed by atoms with E-state index in [9.17, 15) is 4.79 Å². The van der Waals surface area contributed by atoms with Gasteiger partial charge in [0.15, 0.2) is 0 Å². The molecule has 3 rings (SSSR count). The van der Waals surface area contributed by atoms with E-state index in [2.05, 4.69) is 36.2 Å². The highest BCUT2D eigenvalue weighted by Gasteiger charge is 2.21. The molecule has 0 unspecified atom stereocenters. The third-order valence-corrected chi connectivity index (χ3v) is 3.79. The molecular formula is C18H21N5O. The maximum absolute atomic E-state index is 12.6. The molecule has 24 heavy (non-hydrogen) atoms. The topological polar surface area (TPSA) is 64.7 Å². The Hall–Kier alpha value is -2.89. The number of nitrogens with one attached hydrogen (secondary N) is 1. The number of anilines is 1. The van der Waals surface area contributed by atoms with Gasteiger partial charge >= 0.3 is 0 Å². The van der Waals surface area contributed by atoms with Crippen molar-refractivity contribution in [1.82, 2.24) is 19.3 Å². The van der Waals surface area contributed by atoms with E-state index in [1.165, 1.54) is 0 Å². The van der Waals surface area contributed by atoms with E-state index in [1.54, 1.807) is 24.3 Å². The fraction of sp³-hybridized carbons (Fsp3) is 0.278. The number of nitrogens with zero attached hydrogens (tertiary/aromatic N) is 4. The summed E-state index contributed by atoms with van der Waals surface area (Å²) in [5.74, 6) is -0.178. The zero-order valence-corrected chi connectivity index (χ0v) is 14.3. The van der Waals surface area contributed by atoms with E-state index in [1.807, 2.05) is 41.1 Å². The summed E-state index contributed by atoms with van der Waals surface area (Å²) in [6.07, 6.45) is 5.30. The second-order valence-electron chi connectivity index (χ2n) is 6.76. The van der Waals surface area contributed by atoms with Crippen LogP contribution in [-0.4, -0.2) is 25.2 Å². The van der Waals surface area contributed by atoms with Crippen LogP contribution in [0.25, 0.3) is 5.69 Å².